The van der Waals surface area contributed by atoms with E-state index in [0.717, 1.165) is 6.42 Å². The van der Waals surface area contributed by atoms with E-state index in [4.69, 9.17) is 0 Å². The van der Waals surface area contributed by atoms with Gasteiger partial charge in [-0.15, -0.1) is 0 Å². The highest BCUT2D eigenvalue weighted by Gasteiger charge is 2.42. The molecule has 0 saturated carbocycles. The molecular formula is C12H21F3N2O. The Morgan fingerprint density at radius 3 is 2.44 bits per heavy atom. The summed E-state index contributed by atoms with van der Waals surface area (Å²) in [6.07, 6.45) is -3.05. The van der Waals surface area contributed by atoms with E-state index in [1.54, 1.807) is 11.9 Å². The second-order valence-corrected chi connectivity index (χ2v) is 4.98. The van der Waals surface area contributed by atoms with Crippen LogP contribution in [0.15, 0.2) is 0 Å². The maximum absolute atomic E-state index is 12.5. The molecule has 18 heavy (non-hydrogen) atoms. The summed E-state index contributed by atoms with van der Waals surface area (Å²) in [6, 6.07) is -0.359. The highest BCUT2D eigenvalue weighted by molar-refractivity contribution is 5.82. The molecule has 0 spiro atoms. The Labute approximate surface area is 106 Å². The van der Waals surface area contributed by atoms with Crippen molar-refractivity contribution in [2.24, 2.45) is 5.92 Å². The number of likely N-dealkylation sites (N-methyl/N-ethyl adjacent to an activating group) is 1. The standard InChI is InChI=1S/C12H21F3N2O/c1-4-8(2)17(3)11(18)10-6-5-9(7-16-10)12(13,14)15/h8-10,16H,4-7H2,1-3H3. The number of nitrogens with one attached hydrogen (secondary N) is 1. The summed E-state index contributed by atoms with van der Waals surface area (Å²) in [6.45, 7) is 3.75. The van der Waals surface area contributed by atoms with E-state index in [9.17, 15) is 18.0 Å². The lowest BCUT2D eigenvalue weighted by Gasteiger charge is -2.34. The van der Waals surface area contributed by atoms with Crippen LogP contribution in [0.3, 0.4) is 0 Å². The third-order valence-electron chi connectivity index (χ3n) is 3.78. The molecule has 0 aromatic carbocycles. The second-order valence-electron chi connectivity index (χ2n) is 4.98. The molecule has 3 nitrogen and oxygen atoms in total. The maximum Gasteiger partial charge on any atom is 0.393 e. The van der Waals surface area contributed by atoms with Gasteiger partial charge in [0, 0.05) is 19.6 Å². The van der Waals surface area contributed by atoms with Gasteiger partial charge >= 0.3 is 6.18 Å². The second kappa shape index (κ2) is 5.91. The van der Waals surface area contributed by atoms with Crippen LogP contribution in [-0.2, 0) is 4.79 Å². The first-order chi connectivity index (χ1) is 8.27. The Hall–Kier alpha value is -0.780. The summed E-state index contributed by atoms with van der Waals surface area (Å²) in [5.41, 5.74) is 0. The monoisotopic (exact) mass is 266 g/mol. The Morgan fingerprint density at radius 1 is 1.44 bits per heavy atom. The quantitative estimate of drug-likeness (QED) is 0.849. The number of halogens is 3. The molecule has 3 atom stereocenters. The minimum atomic E-state index is -4.16. The molecule has 1 amide bonds. The summed E-state index contributed by atoms with van der Waals surface area (Å²) in [5, 5.41) is 2.72. The minimum Gasteiger partial charge on any atom is -0.342 e. The van der Waals surface area contributed by atoms with Crippen molar-refractivity contribution >= 4 is 5.91 Å². The van der Waals surface area contributed by atoms with Crippen LogP contribution in [-0.4, -0.2) is 42.7 Å². The topological polar surface area (TPSA) is 32.3 Å². The molecule has 0 radical (unpaired) electrons. The Bertz CT molecular complexity index is 286. The van der Waals surface area contributed by atoms with Crippen LogP contribution >= 0.6 is 0 Å². The van der Waals surface area contributed by atoms with E-state index >= 15 is 0 Å². The molecule has 0 aliphatic carbocycles. The molecule has 1 heterocycles. The van der Waals surface area contributed by atoms with Crippen molar-refractivity contribution < 1.29 is 18.0 Å². The van der Waals surface area contributed by atoms with Crippen molar-refractivity contribution in [1.82, 2.24) is 10.2 Å². The smallest absolute Gasteiger partial charge is 0.342 e. The van der Waals surface area contributed by atoms with Crippen molar-refractivity contribution in [1.29, 1.82) is 0 Å². The average Bonchev–Trinajstić information content (AvgIpc) is 2.35. The molecule has 1 aliphatic rings. The van der Waals surface area contributed by atoms with E-state index in [1.165, 1.54) is 0 Å². The fourth-order valence-electron chi connectivity index (χ4n) is 2.08. The molecule has 0 bridgehead atoms. The predicted octanol–water partition coefficient (Wildman–Crippen LogP) is 2.17. The molecular weight excluding hydrogens is 245 g/mol. The first kappa shape index (κ1) is 15.3. The van der Waals surface area contributed by atoms with Crippen molar-refractivity contribution in [3.05, 3.63) is 0 Å². The number of carbonyl (C=O) groups is 1. The molecule has 0 aromatic rings. The number of alkyl halides is 3. The van der Waals surface area contributed by atoms with Crippen LogP contribution in [0, 0.1) is 5.92 Å². The average molecular weight is 266 g/mol. The lowest BCUT2D eigenvalue weighted by atomic mass is 9.93. The summed E-state index contributed by atoms with van der Waals surface area (Å²) < 4.78 is 37.4. The fourth-order valence-corrected chi connectivity index (χ4v) is 2.08. The molecule has 1 aliphatic heterocycles. The highest BCUT2D eigenvalue weighted by Crippen LogP contribution is 2.32. The van der Waals surface area contributed by atoms with E-state index in [1.807, 2.05) is 13.8 Å². The van der Waals surface area contributed by atoms with Crippen LogP contribution in [0.2, 0.25) is 0 Å². The third-order valence-corrected chi connectivity index (χ3v) is 3.78. The van der Waals surface area contributed by atoms with Gasteiger partial charge in [0.2, 0.25) is 5.91 Å². The molecule has 1 N–H and O–H groups in total. The Morgan fingerprint density at radius 2 is 2.06 bits per heavy atom. The molecule has 1 rings (SSSR count). The minimum absolute atomic E-state index is 0.0290. The normalized spacial score (nSPS) is 26.8. The number of nitrogens with zero attached hydrogens (tertiary/aromatic N) is 1. The third kappa shape index (κ3) is 3.60. The largest absolute Gasteiger partial charge is 0.393 e. The van der Waals surface area contributed by atoms with Crippen LogP contribution in [0.4, 0.5) is 13.2 Å². The van der Waals surface area contributed by atoms with E-state index in [2.05, 4.69) is 5.32 Å². The fraction of sp³-hybridized carbons (Fsp3) is 0.917. The number of carbonyl (C=O) groups excluding carboxylic acids is 1. The van der Waals surface area contributed by atoms with Gasteiger partial charge in [-0.1, -0.05) is 6.92 Å². The van der Waals surface area contributed by atoms with Gasteiger partial charge in [0.1, 0.15) is 0 Å². The predicted molar refractivity (Wildman–Crippen MR) is 63.1 cm³/mol. The van der Waals surface area contributed by atoms with E-state index < -0.39 is 18.1 Å². The van der Waals surface area contributed by atoms with Gasteiger partial charge in [0.25, 0.3) is 0 Å². The van der Waals surface area contributed by atoms with Crippen LogP contribution < -0.4 is 5.32 Å². The molecule has 0 aromatic heterocycles. The zero-order valence-corrected chi connectivity index (χ0v) is 11.0. The van der Waals surface area contributed by atoms with Crippen LogP contribution in [0.25, 0.3) is 0 Å². The van der Waals surface area contributed by atoms with Crippen molar-refractivity contribution in [2.45, 2.75) is 51.4 Å². The van der Waals surface area contributed by atoms with Gasteiger partial charge in [0.05, 0.1) is 12.0 Å². The first-order valence-corrected chi connectivity index (χ1v) is 6.34. The van der Waals surface area contributed by atoms with Gasteiger partial charge in [-0.3, -0.25) is 4.79 Å². The maximum atomic E-state index is 12.5. The summed E-state index contributed by atoms with van der Waals surface area (Å²) in [5.74, 6) is -1.43. The number of hydrogen-bond donors (Lipinski definition) is 1. The van der Waals surface area contributed by atoms with Gasteiger partial charge in [-0.05, 0) is 26.2 Å². The zero-order valence-electron chi connectivity index (χ0n) is 11.0. The van der Waals surface area contributed by atoms with Crippen molar-refractivity contribution in [3.8, 4) is 0 Å². The zero-order chi connectivity index (χ0) is 13.9. The summed E-state index contributed by atoms with van der Waals surface area (Å²) >= 11 is 0. The number of rotatable bonds is 3. The van der Waals surface area contributed by atoms with Gasteiger partial charge in [0.15, 0.2) is 0 Å². The van der Waals surface area contributed by atoms with E-state index in [0.29, 0.717) is 0 Å². The Kier molecular flexibility index (Phi) is 5.01. The molecule has 106 valence electrons. The van der Waals surface area contributed by atoms with E-state index in [-0.39, 0.29) is 31.3 Å². The number of piperidine rings is 1. The first-order valence-electron chi connectivity index (χ1n) is 6.34. The van der Waals surface area contributed by atoms with Gasteiger partial charge in [-0.25, -0.2) is 0 Å². The highest BCUT2D eigenvalue weighted by atomic mass is 19.4. The van der Waals surface area contributed by atoms with Gasteiger partial charge in [-0.2, -0.15) is 13.2 Å². The molecule has 1 fully saturated rings. The van der Waals surface area contributed by atoms with Gasteiger partial charge < -0.3 is 10.2 Å². The van der Waals surface area contributed by atoms with Crippen molar-refractivity contribution in [3.63, 3.8) is 0 Å². The molecule has 3 unspecified atom stereocenters. The lowest BCUT2D eigenvalue weighted by molar-refractivity contribution is -0.180. The van der Waals surface area contributed by atoms with Crippen LogP contribution in [0.5, 0.6) is 0 Å². The lowest BCUT2D eigenvalue weighted by Crippen LogP contribution is -2.53. The summed E-state index contributed by atoms with van der Waals surface area (Å²) in [4.78, 5) is 13.7. The molecule has 6 heteroatoms. The van der Waals surface area contributed by atoms with Crippen LogP contribution in [0.1, 0.15) is 33.1 Å². The Balaban J connectivity index is 2.50. The SMILES string of the molecule is CCC(C)N(C)C(=O)C1CCC(C(F)(F)F)CN1. The number of amides is 1. The molecule has 1 saturated heterocycles. The summed E-state index contributed by atoms with van der Waals surface area (Å²) in [7, 11) is 1.70. The number of hydrogen-bond acceptors (Lipinski definition) is 2. The van der Waals surface area contributed by atoms with Crippen molar-refractivity contribution in [2.75, 3.05) is 13.6 Å².